The van der Waals surface area contributed by atoms with Crippen LogP contribution in [-0.4, -0.2) is 5.75 Å². The molecule has 0 radical (unpaired) electrons. The maximum absolute atomic E-state index is 12.8. The minimum absolute atomic E-state index is 0.233. The summed E-state index contributed by atoms with van der Waals surface area (Å²) in [4.78, 5) is 0. The number of halogens is 2. The maximum Gasteiger partial charge on any atom is 0.124 e. The molecule has 0 spiro atoms. The summed E-state index contributed by atoms with van der Waals surface area (Å²) in [6.07, 6.45) is 3.70. The van der Waals surface area contributed by atoms with Crippen molar-refractivity contribution in [2.24, 2.45) is 0 Å². The molecule has 0 bridgehead atoms. The first-order valence-electron chi connectivity index (χ1n) is 3.46. The molecule has 0 fully saturated rings. The average Bonchev–Trinajstić information content (AvgIpc) is 1.99. The zero-order valence-corrected chi connectivity index (χ0v) is 8.78. The second kappa shape index (κ2) is 4.67. The Bertz CT molecular complexity index is 276. The van der Waals surface area contributed by atoms with Gasteiger partial charge in [0.15, 0.2) is 0 Å². The molecule has 0 aliphatic rings. The van der Waals surface area contributed by atoms with Gasteiger partial charge in [-0.05, 0) is 23.8 Å². The first-order valence-corrected chi connectivity index (χ1v) is 4.88. The second-order valence-electron chi connectivity index (χ2n) is 2.29. The summed E-state index contributed by atoms with van der Waals surface area (Å²) in [6.45, 7) is 0. The van der Waals surface area contributed by atoms with E-state index in [1.807, 2.05) is 18.2 Å². The first kappa shape index (κ1) is 9.81. The van der Waals surface area contributed by atoms with Gasteiger partial charge in [-0.3, -0.25) is 0 Å². The van der Waals surface area contributed by atoms with Gasteiger partial charge in [0.25, 0.3) is 0 Å². The van der Waals surface area contributed by atoms with Crippen LogP contribution < -0.4 is 0 Å². The van der Waals surface area contributed by atoms with Crippen molar-refractivity contribution in [3.63, 3.8) is 0 Å². The van der Waals surface area contributed by atoms with Crippen molar-refractivity contribution in [3.8, 4) is 0 Å². The van der Waals surface area contributed by atoms with Crippen molar-refractivity contribution in [1.29, 1.82) is 0 Å². The van der Waals surface area contributed by atoms with Crippen LogP contribution in [0.3, 0.4) is 0 Å². The monoisotopic (exact) mass is 246 g/mol. The molecule has 0 saturated carbocycles. The molecule has 0 saturated heterocycles. The Morgan fingerprint density at radius 2 is 2.17 bits per heavy atom. The second-order valence-corrected chi connectivity index (χ2v) is 3.57. The van der Waals surface area contributed by atoms with E-state index in [0.717, 1.165) is 10.0 Å². The first-order chi connectivity index (χ1) is 5.72. The third-order valence-corrected chi connectivity index (χ3v) is 1.97. The van der Waals surface area contributed by atoms with Crippen LogP contribution in [-0.2, 0) is 0 Å². The maximum atomic E-state index is 12.8. The molecule has 0 aliphatic carbocycles. The lowest BCUT2D eigenvalue weighted by Gasteiger charge is -1.95. The van der Waals surface area contributed by atoms with Crippen LogP contribution >= 0.6 is 28.6 Å². The van der Waals surface area contributed by atoms with E-state index in [-0.39, 0.29) is 5.82 Å². The van der Waals surface area contributed by atoms with Crippen molar-refractivity contribution in [2.75, 3.05) is 5.75 Å². The zero-order chi connectivity index (χ0) is 8.97. The van der Waals surface area contributed by atoms with Gasteiger partial charge >= 0.3 is 0 Å². The van der Waals surface area contributed by atoms with Crippen LogP contribution in [0.2, 0.25) is 0 Å². The van der Waals surface area contributed by atoms with Crippen molar-refractivity contribution in [2.45, 2.75) is 0 Å². The topological polar surface area (TPSA) is 0 Å². The number of benzene rings is 1. The van der Waals surface area contributed by atoms with Gasteiger partial charge in [0.1, 0.15) is 5.82 Å². The zero-order valence-electron chi connectivity index (χ0n) is 6.30. The fourth-order valence-corrected chi connectivity index (χ4v) is 1.45. The smallest absolute Gasteiger partial charge is 0.124 e. The fourth-order valence-electron chi connectivity index (χ4n) is 0.860. The van der Waals surface area contributed by atoms with E-state index in [0.29, 0.717) is 5.75 Å². The summed E-state index contributed by atoms with van der Waals surface area (Å²) in [5.41, 5.74) is 0.843. The lowest BCUT2D eigenvalue weighted by Crippen LogP contribution is -1.77. The minimum atomic E-state index is -0.233. The van der Waals surface area contributed by atoms with Crippen molar-refractivity contribution in [1.82, 2.24) is 0 Å². The van der Waals surface area contributed by atoms with Crippen LogP contribution in [0.4, 0.5) is 4.39 Å². The van der Waals surface area contributed by atoms with Crippen molar-refractivity contribution >= 4 is 34.6 Å². The molecule has 0 amide bonds. The Morgan fingerprint density at radius 3 is 2.75 bits per heavy atom. The van der Waals surface area contributed by atoms with Crippen LogP contribution in [0.15, 0.2) is 28.7 Å². The molecule has 1 aromatic rings. The van der Waals surface area contributed by atoms with E-state index in [1.165, 1.54) is 12.1 Å². The van der Waals surface area contributed by atoms with E-state index < -0.39 is 0 Å². The molecule has 0 aromatic heterocycles. The molecule has 0 heterocycles. The van der Waals surface area contributed by atoms with Gasteiger partial charge in [-0.15, -0.1) is 0 Å². The number of hydrogen-bond donors (Lipinski definition) is 1. The fraction of sp³-hybridized carbons (Fsp3) is 0.111. The summed E-state index contributed by atoms with van der Waals surface area (Å²) in [5.74, 6) is 0.428. The Kier molecular flexibility index (Phi) is 3.82. The van der Waals surface area contributed by atoms with Crippen LogP contribution in [0.5, 0.6) is 0 Å². The standard InChI is InChI=1S/C9H8BrFS/c10-8-4-7(2-1-3-12)5-9(11)6-8/h1-2,4-6,12H,3H2. The molecular formula is C9H8BrFS. The number of hydrogen-bond acceptors (Lipinski definition) is 1. The van der Waals surface area contributed by atoms with Gasteiger partial charge < -0.3 is 0 Å². The van der Waals surface area contributed by atoms with E-state index in [4.69, 9.17) is 0 Å². The Hall–Kier alpha value is -0.280. The van der Waals surface area contributed by atoms with Gasteiger partial charge in [0.05, 0.1) is 0 Å². The highest BCUT2D eigenvalue weighted by atomic mass is 79.9. The van der Waals surface area contributed by atoms with E-state index in [9.17, 15) is 4.39 Å². The molecule has 0 atom stereocenters. The summed E-state index contributed by atoms with van der Waals surface area (Å²) >= 11 is 7.22. The summed E-state index contributed by atoms with van der Waals surface area (Å²) in [6, 6.07) is 4.76. The molecule has 0 unspecified atom stereocenters. The van der Waals surface area contributed by atoms with E-state index in [1.54, 1.807) is 0 Å². The third-order valence-electron chi connectivity index (χ3n) is 1.30. The molecule has 1 rings (SSSR count). The van der Waals surface area contributed by atoms with Crippen LogP contribution in [0, 0.1) is 5.82 Å². The third kappa shape index (κ3) is 2.99. The highest BCUT2D eigenvalue weighted by molar-refractivity contribution is 9.10. The highest BCUT2D eigenvalue weighted by Crippen LogP contribution is 2.15. The lowest BCUT2D eigenvalue weighted by molar-refractivity contribution is 0.626. The van der Waals surface area contributed by atoms with Gasteiger partial charge in [-0.2, -0.15) is 12.6 Å². The molecular weight excluding hydrogens is 239 g/mol. The Labute approximate surface area is 85.0 Å². The van der Waals surface area contributed by atoms with Crippen LogP contribution in [0.1, 0.15) is 5.56 Å². The molecule has 1 aromatic carbocycles. The predicted molar refractivity (Wildman–Crippen MR) is 57.0 cm³/mol. The Balaban J connectivity index is 2.93. The van der Waals surface area contributed by atoms with E-state index in [2.05, 4.69) is 28.6 Å². The predicted octanol–water partition coefficient (Wildman–Crippen LogP) is 3.53. The molecule has 0 N–H and O–H groups in total. The Morgan fingerprint density at radius 1 is 1.42 bits per heavy atom. The minimum Gasteiger partial charge on any atom is -0.207 e. The number of rotatable bonds is 2. The summed E-state index contributed by atoms with van der Waals surface area (Å²) in [5, 5.41) is 0. The van der Waals surface area contributed by atoms with E-state index >= 15 is 0 Å². The largest absolute Gasteiger partial charge is 0.207 e. The molecule has 3 heteroatoms. The molecule has 0 nitrogen and oxygen atoms in total. The molecule has 0 aliphatic heterocycles. The van der Waals surface area contributed by atoms with Crippen LogP contribution in [0.25, 0.3) is 6.08 Å². The molecule has 64 valence electrons. The SMILES string of the molecule is Fc1cc(Br)cc(C=CCS)c1. The van der Waals surface area contributed by atoms with Gasteiger partial charge in [-0.1, -0.05) is 28.1 Å². The summed E-state index contributed by atoms with van der Waals surface area (Å²) in [7, 11) is 0. The van der Waals surface area contributed by atoms with Gasteiger partial charge in [0.2, 0.25) is 0 Å². The normalized spacial score (nSPS) is 10.9. The van der Waals surface area contributed by atoms with Crippen molar-refractivity contribution in [3.05, 3.63) is 40.1 Å². The average molecular weight is 247 g/mol. The van der Waals surface area contributed by atoms with Crippen molar-refractivity contribution < 1.29 is 4.39 Å². The molecule has 12 heavy (non-hydrogen) atoms. The lowest BCUT2D eigenvalue weighted by atomic mass is 10.2. The highest BCUT2D eigenvalue weighted by Gasteiger charge is 1.94. The number of thiol groups is 1. The van der Waals surface area contributed by atoms with Gasteiger partial charge in [-0.25, -0.2) is 4.39 Å². The van der Waals surface area contributed by atoms with Gasteiger partial charge in [0, 0.05) is 10.2 Å². The quantitative estimate of drug-likeness (QED) is 0.759. The summed E-state index contributed by atoms with van der Waals surface area (Å²) < 4.78 is 13.5.